The van der Waals surface area contributed by atoms with E-state index in [1.54, 1.807) is 14.2 Å². The summed E-state index contributed by atoms with van der Waals surface area (Å²) in [7, 11) is 3.26. The molecular formula is C24H36IN3O4. The highest BCUT2D eigenvalue weighted by atomic mass is 127. The summed E-state index contributed by atoms with van der Waals surface area (Å²) < 4.78 is 22.0. The van der Waals surface area contributed by atoms with Gasteiger partial charge in [-0.15, -0.1) is 24.0 Å². The van der Waals surface area contributed by atoms with E-state index in [0.717, 1.165) is 34.9 Å². The molecule has 0 aliphatic carbocycles. The topological polar surface area (TPSA) is 73.3 Å². The SMILES string of the molecule is CCNC(=NCc1ccc(OC)c(OC)c1)NCc1ccc(C)cc1OCCOCC.I. The molecule has 32 heavy (non-hydrogen) atoms. The number of methoxy groups -OCH3 is 2. The molecule has 0 atom stereocenters. The Balaban J connectivity index is 0.00000512. The normalized spacial score (nSPS) is 10.8. The molecule has 0 saturated heterocycles. The van der Waals surface area contributed by atoms with Gasteiger partial charge in [-0.2, -0.15) is 0 Å². The summed E-state index contributed by atoms with van der Waals surface area (Å²) in [5.74, 6) is 3.00. The highest BCUT2D eigenvalue weighted by Gasteiger charge is 2.07. The lowest BCUT2D eigenvalue weighted by molar-refractivity contribution is 0.110. The number of aryl methyl sites for hydroxylation is 1. The van der Waals surface area contributed by atoms with Crippen molar-refractivity contribution in [1.82, 2.24) is 10.6 Å². The van der Waals surface area contributed by atoms with Gasteiger partial charge in [-0.05, 0) is 50.1 Å². The number of rotatable bonds is 12. The lowest BCUT2D eigenvalue weighted by Crippen LogP contribution is -2.36. The molecule has 0 unspecified atom stereocenters. The number of nitrogens with one attached hydrogen (secondary N) is 2. The number of benzene rings is 2. The molecule has 0 aliphatic heterocycles. The van der Waals surface area contributed by atoms with E-state index in [4.69, 9.17) is 23.9 Å². The molecule has 0 heterocycles. The molecular weight excluding hydrogens is 521 g/mol. The molecule has 0 radical (unpaired) electrons. The zero-order chi connectivity index (χ0) is 22.5. The van der Waals surface area contributed by atoms with Crippen LogP contribution in [0.2, 0.25) is 0 Å². The third-order valence-electron chi connectivity index (χ3n) is 4.57. The molecule has 0 aromatic heterocycles. The van der Waals surface area contributed by atoms with Crippen molar-refractivity contribution in [3.63, 3.8) is 0 Å². The van der Waals surface area contributed by atoms with Gasteiger partial charge in [-0.3, -0.25) is 0 Å². The van der Waals surface area contributed by atoms with Crippen LogP contribution in [0.5, 0.6) is 17.2 Å². The van der Waals surface area contributed by atoms with E-state index in [1.165, 1.54) is 0 Å². The Morgan fingerprint density at radius 3 is 2.38 bits per heavy atom. The fraction of sp³-hybridized carbons (Fsp3) is 0.458. The number of aliphatic imine (C=N–C) groups is 1. The van der Waals surface area contributed by atoms with Gasteiger partial charge in [0, 0.05) is 25.3 Å². The highest BCUT2D eigenvalue weighted by Crippen LogP contribution is 2.27. The Bertz CT molecular complexity index is 846. The van der Waals surface area contributed by atoms with Crippen LogP contribution in [0.25, 0.3) is 0 Å². The number of ether oxygens (including phenoxy) is 4. The van der Waals surface area contributed by atoms with E-state index in [2.05, 4.69) is 35.8 Å². The Morgan fingerprint density at radius 2 is 1.69 bits per heavy atom. The van der Waals surface area contributed by atoms with E-state index in [0.29, 0.717) is 44.4 Å². The van der Waals surface area contributed by atoms with Crippen LogP contribution < -0.4 is 24.8 Å². The summed E-state index contributed by atoms with van der Waals surface area (Å²) in [6.07, 6.45) is 0. The van der Waals surface area contributed by atoms with Crippen LogP contribution in [0.15, 0.2) is 41.4 Å². The monoisotopic (exact) mass is 557 g/mol. The maximum atomic E-state index is 5.94. The Hall–Kier alpha value is -2.20. The first-order valence-corrected chi connectivity index (χ1v) is 10.6. The molecule has 178 valence electrons. The average Bonchev–Trinajstić information content (AvgIpc) is 2.79. The quantitative estimate of drug-likeness (QED) is 0.176. The van der Waals surface area contributed by atoms with Crippen LogP contribution in [0.1, 0.15) is 30.5 Å². The predicted molar refractivity (Wildman–Crippen MR) is 140 cm³/mol. The maximum Gasteiger partial charge on any atom is 0.191 e. The smallest absolute Gasteiger partial charge is 0.191 e. The second-order valence-electron chi connectivity index (χ2n) is 6.89. The van der Waals surface area contributed by atoms with Crippen LogP contribution in [0.4, 0.5) is 0 Å². The van der Waals surface area contributed by atoms with Crippen LogP contribution in [-0.4, -0.2) is 46.5 Å². The number of halogens is 1. The van der Waals surface area contributed by atoms with Crippen molar-refractivity contribution in [2.75, 3.05) is 40.6 Å². The van der Waals surface area contributed by atoms with Crippen molar-refractivity contribution in [3.05, 3.63) is 53.1 Å². The molecule has 8 heteroatoms. The largest absolute Gasteiger partial charge is 0.493 e. The summed E-state index contributed by atoms with van der Waals surface area (Å²) in [6, 6.07) is 12.0. The molecule has 0 aliphatic rings. The van der Waals surface area contributed by atoms with E-state index in [1.807, 2.05) is 32.0 Å². The summed E-state index contributed by atoms with van der Waals surface area (Å²) in [6.45, 7) is 9.75. The van der Waals surface area contributed by atoms with Crippen LogP contribution in [0, 0.1) is 6.92 Å². The van der Waals surface area contributed by atoms with Crippen LogP contribution in [0.3, 0.4) is 0 Å². The van der Waals surface area contributed by atoms with Crippen molar-refractivity contribution in [3.8, 4) is 17.2 Å². The van der Waals surface area contributed by atoms with E-state index in [9.17, 15) is 0 Å². The molecule has 0 fully saturated rings. The Kier molecular flexibility index (Phi) is 13.5. The van der Waals surface area contributed by atoms with E-state index >= 15 is 0 Å². The first-order valence-electron chi connectivity index (χ1n) is 10.6. The van der Waals surface area contributed by atoms with Gasteiger partial charge in [0.1, 0.15) is 12.4 Å². The summed E-state index contributed by atoms with van der Waals surface area (Å²) >= 11 is 0. The molecule has 2 aromatic rings. The number of hydrogen-bond acceptors (Lipinski definition) is 5. The van der Waals surface area contributed by atoms with Gasteiger partial charge in [-0.25, -0.2) is 4.99 Å². The minimum atomic E-state index is 0. The molecule has 0 amide bonds. The molecule has 0 bridgehead atoms. The van der Waals surface area contributed by atoms with Gasteiger partial charge in [0.15, 0.2) is 17.5 Å². The lowest BCUT2D eigenvalue weighted by Gasteiger charge is -2.15. The van der Waals surface area contributed by atoms with Crippen LogP contribution >= 0.6 is 24.0 Å². The van der Waals surface area contributed by atoms with Gasteiger partial charge in [-0.1, -0.05) is 18.2 Å². The summed E-state index contributed by atoms with van der Waals surface area (Å²) in [5.41, 5.74) is 3.26. The molecule has 2 N–H and O–H groups in total. The fourth-order valence-corrected chi connectivity index (χ4v) is 2.97. The molecule has 2 rings (SSSR count). The van der Waals surface area contributed by atoms with Crippen molar-refractivity contribution in [2.45, 2.75) is 33.9 Å². The third-order valence-corrected chi connectivity index (χ3v) is 4.57. The van der Waals surface area contributed by atoms with Gasteiger partial charge in [0.25, 0.3) is 0 Å². The van der Waals surface area contributed by atoms with E-state index < -0.39 is 0 Å². The number of hydrogen-bond donors (Lipinski definition) is 2. The fourth-order valence-electron chi connectivity index (χ4n) is 2.97. The highest BCUT2D eigenvalue weighted by molar-refractivity contribution is 14.0. The Labute approximate surface area is 208 Å². The predicted octanol–water partition coefficient (Wildman–Crippen LogP) is 4.30. The molecule has 0 spiro atoms. The molecule has 2 aromatic carbocycles. The third kappa shape index (κ3) is 9.12. The average molecular weight is 557 g/mol. The second-order valence-corrected chi connectivity index (χ2v) is 6.89. The maximum absolute atomic E-state index is 5.94. The zero-order valence-corrected chi connectivity index (χ0v) is 22.0. The standard InChI is InChI=1S/C24H35N3O4.HI/c1-6-25-24(26-16-19-9-11-21(28-4)23(15-19)29-5)27-17-20-10-8-18(3)14-22(20)31-13-12-30-7-2;/h8-11,14-15H,6-7,12-13,16-17H2,1-5H3,(H2,25,26,27);1H. The number of nitrogens with zero attached hydrogens (tertiary/aromatic N) is 1. The minimum absolute atomic E-state index is 0. The van der Waals surface area contributed by atoms with Crippen molar-refractivity contribution in [2.24, 2.45) is 4.99 Å². The first kappa shape index (κ1) is 27.8. The Morgan fingerprint density at radius 1 is 0.906 bits per heavy atom. The van der Waals surface area contributed by atoms with Crippen LogP contribution in [-0.2, 0) is 17.8 Å². The van der Waals surface area contributed by atoms with Gasteiger partial charge in [0.05, 0.1) is 27.4 Å². The number of guanidine groups is 1. The van der Waals surface area contributed by atoms with Crippen molar-refractivity contribution < 1.29 is 18.9 Å². The first-order chi connectivity index (χ1) is 15.1. The second kappa shape index (κ2) is 15.6. The van der Waals surface area contributed by atoms with Gasteiger partial charge in [0.2, 0.25) is 0 Å². The van der Waals surface area contributed by atoms with Gasteiger partial charge < -0.3 is 29.6 Å². The van der Waals surface area contributed by atoms with E-state index in [-0.39, 0.29) is 24.0 Å². The zero-order valence-electron chi connectivity index (χ0n) is 19.7. The van der Waals surface area contributed by atoms with Crippen molar-refractivity contribution in [1.29, 1.82) is 0 Å². The summed E-state index contributed by atoms with van der Waals surface area (Å²) in [5, 5.41) is 6.68. The summed E-state index contributed by atoms with van der Waals surface area (Å²) in [4.78, 5) is 4.70. The van der Waals surface area contributed by atoms with Gasteiger partial charge >= 0.3 is 0 Å². The molecule has 7 nitrogen and oxygen atoms in total. The van der Waals surface area contributed by atoms with Crippen molar-refractivity contribution >= 4 is 29.9 Å². The molecule has 0 saturated carbocycles. The minimum Gasteiger partial charge on any atom is -0.493 e. The lowest BCUT2D eigenvalue weighted by atomic mass is 10.1.